The van der Waals surface area contributed by atoms with Crippen molar-refractivity contribution in [3.05, 3.63) is 70.8 Å². The molecule has 0 atom stereocenters. The first-order valence-electron chi connectivity index (χ1n) is 6.78. The summed E-state index contributed by atoms with van der Waals surface area (Å²) in [5.74, 6) is 0.100. The summed E-state index contributed by atoms with van der Waals surface area (Å²) in [5.41, 5.74) is 4.33. The zero-order valence-electron chi connectivity index (χ0n) is 11.4. The highest BCUT2D eigenvalue weighted by Crippen LogP contribution is 2.33. The van der Waals surface area contributed by atoms with Crippen molar-refractivity contribution in [2.75, 3.05) is 0 Å². The Bertz CT molecular complexity index is 697. The number of rotatable bonds is 1. The maximum absolute atomic E-state index is 12.2. The van der Waals surface area contributed by atoms with Gasteiger partial charge in [-0.15, -0.1) is 0 Å². The van der Waals surface area contributed by atoms with E-state index in [9.17, 15) is 9.90 Å². The molecule has 0 fully saturated rings. The van der Waals surface area contributed by atoms with Crippen LogP contribution in [-0.4, -0.2) is 10.9 Å². The minimum absolute atomic E-state index is 0.0164. The fraction of sp³-hybridized carbons (Fsp3) is 0.167. The van der Waals surface area contributed by atoms with Crippen LogP contribution in [0, 0.1) is 6.92 Å². The van der Waals surface area contributed by atoms with Crippen molar-refractivity contribution < 1.29 is 9.90 Å². The van der Waals surface area contributed by atoms with Crippen LogP contribution in [-0.2, 0) is 11.2 Å². The third-order valence-corrected chi connectivity index (χ3v) is 3.71. The highest BCUT2D eigenvalue weighted by Gasteiger charge is 2.25. The molecule has 1 N–H and O–H groups in total. The fourth-order valence-electron chi connectivity index (χ4n) is 2.70. The largest absolute Gasteiger partial charge is 0.507 e. The summed E-state index contributed by atoms with van der Waals surface area (Å²) in [4.78, 5) is 12.2. The van der Waals surface area contributed by atoms with Gasteiger partial charge in [0.2, 0.25) is 0 Å². The normalized spacial score (nSPS) is 16.8. The van der Waals surface area contributed by atoms with Gasteiger partial charge in [-0.1, -0.05) is 54.1 Å². The average molecular weight is 264 g/mol. The average Bonchev–Trinajstić information content (AvgIpc) is 2.48. The number of aliphatic hydroxyl groups is 1. The molecule has 0 amide bonds. The molecular weight excluding hydrogens is 248 g/mol. The zero-order chi connectivity index (χ0) is 14.1. The Morgan fingerprint density at radius 2 is 1.80 bits per heavy atom. The van der Waals surface area contributed by atoms with Gasteiger partial charge in [0.05, 0.1) is 5.57 Å². The predicted molar refractivity (Wildman–Crippen MR) is 80.4 cm³/mol. The Morgan fingerprint density at radius 3 is 2.55 bits per heavy atom. The summed E-state index contributed by atoms with van der Waals surface area (Å²) < 4.78 is 0. The van der Waals surface area contributed by atoms with Crippen molar-refractivity contribution in [3.8, 4) is 0 Å². The Morgan fingerprint density at radius 1 is 1.05 bits per heavy atom. The number of hydrogen-bond donors (Lipinski definition) is 1. The molecule has 2 nitrogen and oxygen atoms in total. The van der Waals surface area contributed by atoms with Gasteiger partial charge in [-0.25, -0.2) is 0 Å². The van der Waals surface area contributed by atoms with E-state index < -0.39 is 0 Å². The number of aliphatic hydroxyl groups excluding tert-OH is 1. The molecular formula is C18H16O2. The molecule has 1 aliphatic carbocycles. The lowest BCUT2D eigenvalue weighted by Gasteiger charge is -2.20. The van der Waals surface area contributed by atoms with Gasteiger partial charge in [0, 0.05) is 12.0 Å². The van der Waals surface area contributed by atoms with Crippen molar-refractivity contribution in [3.63, 3.8) is 0 Å². The number of carbonyl (C=O) groups is 1. The number of Topliss-reactive ketones (excluding diaryl/α,β-unsaturated/α-hetero) is 1. The molecule has 2 aromatic rings. The number of hydrogen-bond acceptors (Lipinski definition) is 2. The van der Waals surface area contributed by atoms with Crippen LogP contribution in [0.15, 0.2) is 48.5 Å². The lowest BCUT2D eigenvalue weighted by molar-refractivity contribution is -0.113. The van der Waals surface area contributed by atoms with Gasteiger partial charge in [0.25, 0.3) is 0 Å². The highest BCUT2D eigenvalue weighted by atomic mass is 16.3. The molecule has 0 bridgehead atoms. The molecule has 2 heteroatoms. The van der Waals surface area contributed by atoms with Crippen molar-refractivity contribution in [2.24, 2.45) is 0 Å². The number of carbonyl (C=O) groups excluding carboxylic acids is 1. The summed E-state index contributed by atoms with van der Waals surface area (Å²) in [5, 5.41) is 10.5. The standard InChI is InChI=1S/C18H16O2/c1-12-7-9-15-14(11-12)8-10-16(19)17(15)18(20)13-5-3-2-4-6-13/h2-7,9,11,20H,8,10H2,1H3. The summed E-state index contributed by atoms with van der Waals surface area (Å²) in [7, 11) is 0. The number of benzene rings is 2. The number of fused-ring (bicyclic) bond motifs is 1. The predicted octanol–water partition coefficient (Wildman–Crippen LogP) is 3.94. The zero-order valence-corrected chi connectivity index (χ0v) is 11.4. The van der Waals surface area contributed by atoms with E-state index in [-0.39, 0.29) is 11.5 Å². The number of ketones is 1. The summed E-state index contributed by atoms with van der Waals surface area (Å²) in [6.07, 6.45) is 1.21. The van der Waals surface area contributed by atoms with Crippen LogP contribution in [0.5, 0.6) is 0 Å². The second kappa shape index (κ2) is 4.97. The van der Waals surface area contributed by atoms with Gasteiger partial charge in [-0.05, 0) is 24.5 Å². The molecule has 0 saturated heterocycles. The summed E-state index contributed by atoms with van der Waals surface area (Å²) in [6, 6.07) is 15.3. The second-order valence-corrected chi connectivity index (χ2v) is 5.17. The molecule has 1 aliphatic rings. The molecule has 0 heterocycles. The first kappa shape index (κ1) is 12.7. The van der Waals surface area contributed by atoms with E-state index in [1.807, 2.05) is 49.4 Å². The van der Waals surface area contributed by atoms with Gasteiger partial charge in [0.1, 0.15) is 5.76 Å². The van der Waals surface area contributed by atoms with E-state index in [2.05, 4.69) is 6.07 Å². The smallest absolute Gasteiger partial charge is 0.167 e. The lowest BCUT2D eigenvalue weighted by atomic mass is 9.84. The first-order valence-corrected chi connectivity index (χ1v) is 6.78. The SMILES string of the molecule is Cc1ccc2c(c1)CCC(=O)C2=C(O)c1ccccc1. The lowest BCUT2D eigenvalue weighted by Crippen LogP contribution is -2.14. The van der Waals surface area contributed by atoms with Crippen molar-refractivity contribution >= 4 is 17.1 Å². The van der Waals surface area contributed by atoms with E-state index in [1.54, 1.807) is 0 Å². The molecule has 0 spiro atoms. The first-order chi connectivity index (χ1) is 9.66. The Labute approximate surface area is 118 Å². The molecule has 0 unspecified atom stereocenters. The van der Waals surface area contributed by atoms with Gasteiger partial charge in [-0.2, -0.15) is 0 Å². The quantitative estimate of drug-likeness (QED) is 0.625. The van der Waals surface area contributed by atoms with Gasteiger partial charge in [0.15, 0.2) is 5.78 Å². The second-order valence-electron chi connectivity index (χ2n) is 5.17. The Balaban J connectivity index is 2.21. The topological polar surface area (TPSA) is 37.3 Å². The summed E-state index contributed by atoms with van der Waals surface area (Å²) in [6.45, 7) is 2.04. The van der Waals surface area contributed by atoms with Crippen LogP contribution in [0.2, 0.25) is 0 Å². The third kappa shape index (κ3) is 2.14. The Kier molecular flexibility index (Phi) is 3.15. The molecule has 0 aliphatic heterocycles. The molecule has 2 aromatic carbocycles. The van der Waals surface area contributed by atoms with Gasteiger partial charge >= 0.3 is 0 Å². The van der Waals surface area contributed by atoms with Crippen LogP contribution < -0.4 is 0 Å². The van der Waals surface area contributed by atoms with Crippen LogP contribution in [0.1, 0.15) is 28.7 Å². The van der Waals surface area contributed by atoms with E-state index in [4.69, 9.17) is 0 Å². The maximum atomic E-state index is 12.2. The van der Waals surface area contributed by atoms with E-state index in [0.717, 1.165) is 17.5 Å². The van der Waals surface area contributed by atoms with Crippen molar-refractivity contribution in [2.45, 2.75) is 19.8 Å². The van der Waals surface area contributed by atoms with Crippen molar-refractivity contribution in [1.29, 1.82) is 0 Å². The Hall–Kier alpha value is -2.35. The van der Waals surface area contributed by atoms with Gasteiger partial charge < -0.3 is 5.11 Å². The monoisotopic (exact) mass is 264 g/mol. The van der Waals surface area contributed by atoms with Crippen LogP contribution >= 0.6 is 0 Å². The molecule has 0 saturated carbocycles. The van der Waals surface area contributed by atoms with E-state index >= 15 is 0 Å². The fourth-order valence-corrected chi connectivity index (χ4v) is 2.70. The van der Waals surface area contributed by atoms with Crippen LogP contribution in [0.4, 0.5) is 0 Å². The summed E-state index contributed by atoms with van der Waals surface area (Å²) >= 11 is 0. The van der Waals surface area contributed by atoms with Crippen LogP contribution in [0.25, 0.3) is 11.3 Å². The third-order valence-electron chi connectivity index (χ3n) is 3.71. The molecule has 3 rings (SSSR count). The van der Waals surface area contributed by atoms with Crippen LogP contribution in [0.3, 0.4) is 0 Å². The van der Waals surface area contributed by atoms with Crippen molar-refractivity contribution in [1.82, 2.24) is 0 Å². The molecule has 0 radical (unpaired) electrons. The minimum atomic E-state index is 0.0164. The number of aryl methyl sites for hydroxylation is 2. The van der Waals surface area contributed by atoms with E-state index in [0.29, 0.717) is 17.6 Å². The highest BCUT2D eigenvalue weighted by molar-refractivity contribution is 6.28. The van der Waals surface area contributed by atoms with Gasteiger partial charge in [-0.3, -0.25) is 4.79 Å². The molecule has 100 valence electrons. The number of allylic oxidation sites excluding steroid dienone is 1. The maximum Gasteiger partial charge on any atom is 0.167 e. The van der Waals surface area contributed by atoms with E-state index in [1.165, 1.54) is 5.56 Å². The molecule has 20 heavy (non-hydrogen) atoms. The minimum Gasteiger partial charge on any atom is -0.507 e. The molecule has 0 aromatic heterocycles.